The van der Waals surface area contributed by atoms with Crippen LogP contribution in [0.25, 0.3) is 16.5 Å². The lowest BCUT2D eigenvalue weighted by Crippen LogP contribution is -2.33. The largest absolute Gasteiger partial charge is 0.465 e. The molecule has 0 atom stereocenters. The summed E-state index contributed by atoms with van der Waals surface area (Å²) in [4.78, 5) is 15.3. The summed E-state index contributed by atoms with van der Waals surface area (Å²) >= 11 is 0. The molecule has 2 heterocycles. The summed E-state index contributed by atoms with van der Waals surface area (Å²) in [6, 6.07) is 4.64. The van der Waals surface area contributed by atoms with Crippen LogP contribution in [0.4, 0.5) is 9.18 Å². The van der Waals surface area contributed by atoms with Crippen molar-refractivity contribution in [3.05, 3.63) is 41.9 Å². The molecular weight excluding hydrogens is 247 g/mol. The van der Waals surface area contributed by atoms with Crippen molar-refractivity contribution < 1.29 is 14.3 Å². The first-order valence-corrected chi connectivity index (χ1v) is 6.09. The number of aromatic amines is 1. The molecule has 5 heteroatoms. The highest BCUT2D eigenvalue weighted by Crippen LogP contribution is 2.29. The van der Waals surface area contributed by atoms with E-state index in [1.54, 1.807) is 6.07 Å². The smallest absolute Gasteiger partial charge is 0.407 e. The summed E-state index contributed by atoms with van der Waals surface area (Å²) in [7, 11) is 0. The number of fused-ring (bicyclic) bond motifs is 1. The molecule has 2 N–H and O–H groups in total. The number of H-pyrrole nitrogens is 1. The minimum Gasteiger partial charge on any atom is -0.465 e. The number of hydrogen-bond donors (Lipinski definition) is 2. The van der Waals surface area contributed by atoms with E-state index in [4.69, 9.17) is 5.11 Å². The Kier molecular flexibility index (Phi) is 2.74. The Morgan fingerprint density at radius 1 is 1.42 bits per heavy atom. The van der Waals surface area contributed by atoms with E-state index in [9.17, 15) is 9.18 Å². The molecular formula is C14H13FN2O2. The van der Waals surface area contributed by atoms with Crippen LogP contribution < -0.4 is 0 Å². The Hall–Kier alpha value is -2.30. The number of halogens is 1. The summed E-state index contributed by atoms with van der Waals surface area (Å²) in [6.45, 7) is 0.857. The predicted molar refractivity (Wildman–Crippen MR) is 70.4 cm³/mol. The van der Waals surface area contributed by atoms with Gasteiger partial charge in [-0.3, -0.25) is 0 Å². The zero-order valence-electron chi connectivity index (χ0n) is 10.2. The molecule has 0 fully saturated rings. The third-order valence-electron chi connectivity index (χ3n) is 3.47. The Morgan fingerprint density at radius 2 is 2.26 bits per heavy atom. The predicted octanol–water partition coefficient (Wildman–Crippen LogP) is 3.07. The van der Waals surface area contributed by atoms with Crippen molar-refractivity contribution in [1.82, 2.24) is 9.88 Å². The molecule has 0 unspecified atom stereocenters. The highest BCUT2D eigenvalue weighted by atomic mass is 19.1. The average molecular weight is 260 g/mol. The Morgan fingerprint density at radius 3 is 2.95 bits per heavy atom. The topological polar surface area (TPSA) is 56.3 Å². The highest BCUT2D eigenvalue weighted by molar-refractivity contribution is 5.93. The molecule has 0 saturated carbocycles. The number of nitrogens with zero attached hydrogens (tertiary/aromatic N) is 1. The maximum absolute atomic E-state index is 13.3. The van der Waals surface area contributed by atoms with Gasteiger partial charge < -0.3 is 15.0 Å². The third-order valence-corrected chi connectivity index (χ3v) is 3.47. The monoisotopic (exact) mass is 260 g/mol. The Bertz CT molecular complexity index is 675. The van der Waals surface area contributed by atoms with Crippen molar-refractivity contribution in [3.63, 3.8) is 0 Å². The van der Waals surface area contributed by atoms with E-state index in [1.807, 2.05) is 12.3 Å². The third kappa shape index (κ3) is 2.07. The van der Waals surface area contributed by atoms with Crippen LogP contribution in [0.15, 0.2) is 30.5 Å². The number of benzene rings is 1. The van der Waals surface area contributed by atoms with Crippen LogP contribution in [0, 0.1) is 5.82 Å². The first-order valence-electron chi connectivity index (χ1n) is 6.09. The zero-order chi connectivity index (χ0) is 13.4. The van der Waals surface area contributed by atoms with E-state index in [0.717, 1.165) is 22.0 Å². The van der Waals surface area contributed by atoms with Crippen molar-refractivity contribution in [2.24, 2.45) is 0 Å². The lowest BCUT2D eigenvalue weighted by Gasteiger charge is -2.23. The quantitative estimate of drug-likeness (QED) is 0.827. The fourth-order valence-electron chi connectivity index (χ4n) is 2.45. The molecule has 3 rings (SSSR count). The molecule has 0 radical (unpaired) electrons. The summed E-state index contributed by atoms with van der Waals surface area (Å²) < 4.78 is 13.3. The molecule has 0 spiro atoms. The molecule has 98 valence electrons. The molecule has 1 aromatic carbocycles. The molecule has 1 amide bonds. The highest BCUT2D eigenvalue weighted by Gasteiger charge is 2.18. The fourth-order valence-corrected chi connectivity index (χ4v) is 2.45. The average Bonchev–Trinajstić information content (AvgIpc) is 2.81. The Labute approximate surface area is 109 Å². The second-order valence-electron chi connectivity index (χ2n) is 4.60. The summed E-state index contributed by atoms with van der Waals surface area (Å²) in [5.74, 6) is -0.267. The van der Waals surface area contributed by atoms with Crippen LogP contribution in [-0.2, 0) is 0 Å². The molecule has 0 saturated heterocycles. The van der Waals surface area contributed by atoms with Gasteiger partial charge in [-0.1, -0.05) is 6.08 Å². The maximum Gasteiger partial charge on any atom is 0.407 e. The number of amides is 1. The van der Waals surface area contributed by atoms with Gasteiger partial charge in [0.15, 0.2) is 0 Å². The second-order valence-corrected chi connectivity index (χ2v) is 4.60. The van der Waals surface area contributed by atoms with Crippen LogP contribution in [0.2, 0.25) is 0 Å². The number of carbonyl (C=O) groups is 1. The number of nitrogens with one attached hydrogen (secondary N) is 1. The molecule has 1 aliphatic rings. The first-order chi connectivity index (χ1) is 9.15. The van der Waals surface area contributed by atoms with E-state index in [-0.39, 0.29) is 5.82 Å². The standard InChI is InChI=1S/C14H13FN2O2/c15-10-1-2-13-11(7-10)12(8-16-13)9-3-5-17(6-4-9)14(18)19/h1-3,7-8,16H,4-6H2,(H,18,19). The van der Waals surface area contributed by atoms with E-state index in [0.29, 0.717) is 19.5 Å². The second kappa shape index (κ2) is 4.42. The molecule has 1 aliphatic heterocycles. The Balaban J connectivity index is 1.97. The molecule has 4 nitrogen and oxygen atoms in total. The normalized spacial score (nSPS) is 15.6. The maximum atomic E-state index is 13.3. The van der Waals surface area contributed by atoms with E-state index < -0.39 is 6.09 Å². The van der Waals surface area contributed by atoms with E-state index >= 15 is 0 Å². The van der Waals surface area contributed by atoms with Crippen molar-refractivity contribution >= 4 is 22.6 Å². The van der Waals surface area contributed by atoms with Gasteiger partial charge in [0.1, 0.15) is 5.82 Å². The summed E-state index contributed by atoms with van der Waals surface area (Å²) in [5.41, 5.74) is 2.91. The van der Waals surface area contributed by atoms with E-state index in [2.05, 4.69) is 4.98 Å². The minimum atomic E-state index is -0.903. The van der Waals surface area contributed by atoms with Gasteiger partial charge in [-0.2, -0.15) is 0 Å². The van der Waals surface area contributed by atoms with Crippen LogP contribution in [0.5, 0.6) is 0 Å². The minimum absolute atomic E-state index is 0.267. The lowest BCUT2D eigenvalue weighted by atomic mass is 9.99. The summed E-state index contributed by atoms with van der Waals surface area (Å²) in [5, 5.41) is 9.75. The van der Waals surface area contributed by atoms with Gasteiger partial charge in [0.2, 0.25) is 0 Å². The van der Waals surface area contributed by atoms with Crippen molar-refractivity contribution in [3.8, 4) is 0 Å². The van der Waals surface area contributed by atoms with Gasteiger partial charge >= 0.3 is 6.09 Å². The molecule has 0 aliphatic carbocycles. The van der Waals surface area contributed by atoms with Crippen LogP contribution in [0.3, 0.4) is 0 Å². The first kappa shape index (κ1) is 11.8. The molecule has 2 aromatic rings. The number of carboxylic acid groups (broad SMARTS) is 1. The number of aromatic nitrogens is 1. The van der Waals surface area contributed by atoms with Gasteiger partial charge in [-0.25, -0.2) is 9.18 Å². The summed E-state index contributed by atoms with van der Waals surface area (Å²) in [6.07, 6.45) is 3.49. The van der Waals surface area contributed by atoms with Gasteiger partial charge in [-0.05, 0) is 30.2 Å². The number of hydrogen-bond acceptors (Lipinski definition) is 1. The number of rotatable bonds is 1. The van der Waals surface area contributed by atoms with E-state index in [1.165, 1.54) is 17.0 Å². The van der Waals surface area contributed by atoms with Gasteiger partial charge in [-0.15, -0.1) is 0 Å². The van der Waals surface area contributed by atoms with Crippen LogP contribution >= 0.6 is 0 Å². The van der Waals surface area contributed by atoms with Gasteiger partial charge in [0, 0.05) is 35.8 Å². The SMILES string of the molecule is O=C(O)N1CC=C(c2c[nH]c3ccc(F)cc23)CC1. The van der Waals surface area contributed by atoms with Crippen LogP contribution in [-0.4, -0.2) is 34.2 Å². The van der Waals surface area contributed by atoms with Crippen molar-refractivity contribution in [1.29, 1.82) is 0 Å². The fraction of sp³-hybridized carbons (Fsp3) is 0.214. The molecule has 19 heavy (non-hydrogen) atoms. The molecule has 1 aromatic heterocycles. The zero-order valence-corrected chi connectivity index (χ0v) is 10.2. The van der Waals surface area contributed by atoms with Gasteiger partial charge in [0.25, 0.3) is 0 Å². The molecule has 0 bridgehead atoms. The lowest BCUT2D eigenvalue weighted by molar-refractivity contribution is 0.150. The van der Waals surface area contributed by atoms with Crippen molar-refractivity contribution in [2.45, 2.75) is 6.42 Å². The van der Waals surface area contributed by atoms with Gasteiger partial charge in [0.05, 0.1) is 0 Å². The van der Waals surface area contributed by atoms with Crippen LogP contribution in [0.1, 0.15) is 12.0 Å². The van der Waals surface area contributed by atoms with Crippen molar-refractivity contribution in [2.75, 3.05) is 13.1 Å².